The molecule has 2 aromatic rings. The Bertz CT molecular complexity index is 1130. The second kappa shape index (κ2) is 7.85. The molecule has 0 saturated heterocycles. The third kappa shape index (κ3) is 3.68. The molecule has 29 heavy (non-hydrogen) atoms. The molecule has 0 unspecified atom stereocenters. The number of nitrogens with zero attached hydrogens (tertiary/aromatic N) is 4. The van der Waals surface area contributed by atoms with Crippen molar-refractivity contribution in [2.45, 2.75) is 20.8 Å². The number of hydrazone groups is 1. The molecule has 0 fully saturated rings. The fourth-order valence-corrected chi connectivity index (χ4v) is 5.27. The van der Waals surface area contributed by atoms with Gasteiger partial charge < -0.3 is 4.57 Å². The minimum Gasteiger partial charge on any atom is -0.318 e. The van der Waals surface area contributed by atoms with Gasteiger partial charge in [-0.15, -0.1) is 5.10 Å². The highest BCUT2D eigenvalue weighted by atomic mass is 35.5. The van der Waals surface area contributed by atoms with E-state index in [1.54, 1.807) is 17.8 Å². The molecule has 1 amide bonds. The van der Waals surface area contributed by atoms with Crippen molar-refractivity contribution in [3.8, 4) is 5.69 Å². The number of carbonyl (C=O) groups is 1. The molecular formula is C20H18ClN5OS2. The van der Waals surface area contributed by atoms with Gasteiger partial charge in [0.1, 0.15) is 0 Å². The maximum atomic E-state index is 12.6. The number of aromatic nitrogens is 1. The number of fused-ring (bicyclic) bond motifs is 1. The number of nitrogens with one attached hydrogen (secondary N) is 1. The predicted molar refractivity (Wildman–Crippen MR) is 123 cm³/mol. The topological polar surface area (TPSA) is 73.8 Å². The molecule has 148 valence electrons. The number of carbonyl (C=O) groups excluding carboxylic acids is 1. The standard InChI is InChI=1S/C20H18ClN5OS2/c1-4-28-20-24-26-17(22)16(18(27)23-19(26)29-20)9-13-8-11(2)25(12(13)3)15-7-5-6-14(21)10-15/h5-10,22H,4H2,1-3H3/b16-9-,22-17?. The van der Waals surface area contributed by atoms with Crippen LogP contribution in [0, 0.1) is 19.3 Å². The summed E-state index contributed by atoms with van der Waals surface area (Å²) in [5.41, 5.74) is 3.99. The smallest absolute Gasteiger partial charge is 0.283 e. The number of aryl methyl sites for hydroxylation is 1. The van der Waals surface area contributed by atoms with Gasteiger partial charge in [-0.3, -0.25) is 10.2 Å². The quantitative estimate of drug-likeness (QED) is 0.671. The van der Waals surface area contributed by atoms with Gasteiger partial charge in [-0.2, -0.15) is 10.0 Å². The van der Waals surface area contributed by atoms with E-state index in [1.807, 2.05) is 51.1 Å². The molecule has 0 spiro atoms. The number of halogens is 1. The van der Waals surface area contributed by atoms with Crippen LogP contribution in [0.1, 0.15) is 23.9 Å². The van der Waals surface area contributed by atoms with Gasteiger partial charge in [-0.1, -0.05) is 36.4 Å². The minimum atomic E-state index is -0.417. The van der Waals surface area contributed by atoms with Gasteiger partial charge in [0.15, 0.2) is 10.2 Å². The number of hydrogen-bond acceptors (Lipinski definition) is 5. The average molecular weight is 444 g/mol. The summed E-state index contributed by atoms with van der Waals surface area (Å²) in [5, 5.41) is 15.5. The monoisotopic (exact) mass is 443 g/mol. The van der Waals surface area contributed by atoms with Gasteiger partial charge in [0.25, 0.3) is 5.91 Å². The van der Waals surface area contributed by atoms with Crippen LogP contribution in [0.2, 0.25) is 5.02 Å². The zero-order chi connectivity index (χ0) is 20.7. The highest BCUT2D eigenvalue weighted by Crippen LogP contribution is 2.33. The number of hydrogen-bond donors (Lipinski definition) is 1. The molecular weight excluding hydrogens is 426 g/mol. The summed E-state index contributed by atoms with van der Waals surface area (Å²) in [6, 6.07) is 9.60. The molecule has 4 rings (SSSR count). The van der Waals surface area contributed by atoms with Crippen molar-refractivity contribution in [1.29, 1.82) is 5.41 Å². The Morgan fingerprint density at radius 3 is 2.83 bits per heavy atom. The third-order valence-electron chi connectivity index (χ3n) is 4.54. The first-order valence-corrected chi connectivity index (χ1v) is 11.1. The number of rotatable bonds is 3. The number of benzene rings is 1. The third-order valence-corrected chi connectivity index (χ3v) is 6.70. The molecule has 0 aliphatic carbocycles. The summed E-state index contributed by atoms with van der Waals surface area (Å²) in [5.74, 6) is 0.498. The summed E-state index contributed by atoms with van der Waals surface area (Å²) in [6.45, 7) is 6.01. The maximum Gasteiger partial charge on any atom is 0.283 e. The van der Waals surface area contributed by atoms with Crippen molar-refractivity contribution in [2.75, 3.05) is 5.75 Å². The Hall–Kier alpha value is -2.29. The van der Waals surface area contributed by atoms with Crippen LogP contribution in [0.5, 0.6) is 0 Å². The number of amidine groups is 2. The zero-order valence-electron chi connectivity index (χ0n) is 16.1. The van der Waals surface area contributed by atoms with E-state index in [0.29, 0.717) is 10.2 Å². The summed E-state index contributed by atoms with van der Waals surface area (Å²) >= 11 is 9.05. The van der Waals surface area contributed by atoms with E-state index < -0.39 is 5.91 Å². The molecule has 2 aliphatic heterocycles. The average Bonchev–Trinajstić information content (AvgIpc) is 3.19. The van der Waals surface area contributed by atoms with E-state index in [9.17, 15) is 4.79 Å². The molecule has 2 aliphatic rings. The fraction of sp³-hybridized carbons (Fsp3) is 0.200. The maximum absolute atomic E-state index is 12.6. The van der Waals surface area contributed by atoms with Gasteiger partial charge in [-0.25, -0.2) is 0 Å². The Morgan fingerprint density at radius 2 is 2.10 bits per heavy atom. The SMILES string of the molecule is CCSC1=NN2C(=N)/C(=C/c3cc(C)n(-c4cccc(Cl)c4)c3C)C(=O)N=C2S1. The highest BCUT2D eigenvalue weighted by molar-refractivity contribution is 8.45. The lowest BCUT2D eigenvalue weighted by atomic mass is 10.1. The lowest BCUT2D eigenvalue weighted by molar-refractivity contribution is -0.114. The lowest BCUT2D eigenvalue weighted by Crippen LogP contribution is -2.35. The van der Waals surface area contributed by atoms with E-state index in [1.165, 1.54) is 16.8 Å². The molecule has 6 nitrogen and oxygen atoms in total. The molecule has 0 saturated carbocycles. The Balaban J connectivity index is 1.73. The summed E-state index contributed by atoms with van der Waals surface area (Å²) in [7, 11) is 0. The highest BCUT2D eigenvalue weighted by Gasteiger charge is 2.35. The van der Waals surface area contributed by atoms with Gasteiger partial charge in [-0.05, 0) is 67.3 Å². The molecule has 1 N–H and O–H groups in total. The van der Waals surface area contributed by atoms with E-state index in [4.69, 9.17) is 17.0 Å². The van der Waals surface area contributed by atoms with Crippen molar-refractivity contribution in [3.05, 3.63) is 57.9 Å². The number of amides is 1. The van der Waals surface area contributed by atoms with Crippen LogP contribution in [0.4, 0.5) is 0 Å². The fourth-order valence-electron chi connectivity index (χ4n) is 3.26. The van der Waals surface area contributed by atoms with Gasteiger partial charge in [0.05, 0.1) is 5.57 Å². The Kier molecular flexibility index (Phi) is 5.42. The second-order valence-corrected chi connectivity index (χ2v) is 9.36. The minimum absolute atomic E-state index is 0.0479. The van der Waals surface area contributed by atoms with Crippen molar-refractivity contribution in [3.63, 3.8) is 0 Å². The van der Waals surface area contributed by atoms with Crippen LogP contribution >= 0.6 is 35.1 Å². The zero-order valence-corrected chi connectivity index (χ0v) is 18.5. The van der Waals surface area contributed by atoms with Crippen LogP contribution in [0.3, 0.4) is 0 Å². The van der Waals surface area contributed by atoms with Gasteiger partial charge in [0, 0.05) is 22.1 Å². The van der Waals surface area contributed by atoms with E-state index >= 15 is 0 Å². The summed E-state index contributed by atoms with van der Waals surface area (Å²) in [6.07, 6.45) is 1.72. The van der Waals surface area contributed by atoms with E-state index in [0.717, 1.165) is 32.8 Å². The molecule has 1 aromatic heterocycles. The first-order chi connectivity index (χ1) is 13.9. The molecule has 0 atom stereocenters. The summed E-state index contributed by atoms with van der Waals surface area (Å²) in [4.78, 5) is 16.8. The van der Waals surface area contributed by atoms with Crippen molar-refractivity contribution in [1.82, 2.24) is 9.58 Å². The lowest BCUT2D eigenvalue weighted by Gasteiger charge is -2.20. The number of aliphatic imine (C=N–C) groups is 1. The predicted octanol–water partition coefficient (Wildman–Crippen LogP) is 5.08. The van der Waals surface area contributed by atoms with Crippen LogP contribution in [0.25, 0.3) is 11.8 Å². The van der Waals surface area contributed by atoms with E-state index in [-0.39, 0.29) is 11.4 Å². The second-order valence-electron chi connectivity index (χ2n) is 6.46. The summed E-state index contributed by atoms with van der Waals surface area (Å²) < 4.78 is 2.87. The van der Waals surface area contributed by atoms with Crippen LogP contribution in [0.15, 0.2) is 46.0 Å². The van der Waals surface area contributed by atoms with Crippen LogP contribution in [-0.2, 0) is 4.79 Å². The Labute approximate surface area is 182 Å². The van der Waals surface area contributed by atoms with Crippen molar-refractivity contribution >= 4 is 62.5 Å². The van der Waals surface area contributed by atoms with Crippen LogP contribution in [-0.4, -0.2) is 36.6 Å². The van der Waals surface area contributed by atoms with E-state index in [2.05, 4.69) is 14.7 Å². The normalized spacial score (nSPS) is 17.7. The Morgan fingerprint density at radius 1 is 1.31 bits per heavy atom. The van der Waals surface area contributed by atoms with Crippen LogP contribution < -0.4 is 0 Å². The first-order valence-electron chi connectivity index (χ1n) is 8.97. The van der Waals surface area contributed by atoms with Crippen molar-refractivity contribution in [2.24, 2.45) is 10.1 Å². The largest absolute Gasteiger partial charge is 0.318 e. The van der Waals surface area contributed by atoms with Gasteiger partial charge >= 0.3 is 0 Å². The molecule has 0 radical (unpaired) electrons. The molecule has 0 bridgehead atoms. The number of thioether (sulfide) groups is 2. The van der Waals surface area contributed by atoms with Gasteiger partial charge in [0.2, 0.25) is 5.17 Å². The first kappa shape index (κ1) is 20.0. The van der Waals surface area contributed by atoms with Crippen molar-refractivity contribution < 1.29 is 4.79 Å². The molecule has 9 heteroatoms. The molecule has 1 aromatic carbocycles. The molecule has 3 heterocycles.